The third-order valence-corrected chi connectivity index (χ3v) is 5.12. The quantitative estimate of drug-likeness (QED) is 0.667. The lowest BCUT2D eigenvalue weighted by molar-refractivity contribution is 0.354. The van der Waals surface area contributed by atoms with E-state index in [9.17, 15) is 0 Å². The van der Waals surface area contributed by atoms with Crippen molar-refractivity contribution in [2.24, 2.45) is 0 Å². The molecule has 0 radical (unpaired) electrons. The Morgan fingerprint density at radius 3 is 2.14 bits per heavy atom. The van der Waals surface area contributed by atoms with E-state index in [0.29, 0.717) is 17.2 Å². The fourth-order valence-electron chi connectivity index (χ4n) is 3.75. The first kappa shape index (κ1) is 18.2. The maximum Gasteiger partial charge on any atom is 0.162 e. The van der Waals surface area contributed by atoms with Crippen LogP contribution < -0.4 is 23.8 Å². The van der Waals surface area contributed by atoms with E-state index < -0.39 is 0 Å². The molecular formula is C21H23N3O4. The van der Waals surface area contributed by atoms with E-state index in [2.05, 4.69) is 21.2 Å². The molecule has 28 heavy (non-hydrogen) atoms. The van der Waals surface area contributed by atoms with Crippen molar-refractivity contribution in [3.63, 3.8) is 0 Å². The zero-order valence-electron chi connectivity index (χ0n) is 16.5. The molecule has 1 aromatic heterocycles. The normalized spacial score (nSPS) is 13.2. The minimum Gasteiger partial charge on any atom is -0.493 e. The molecule has 0 spiro atoms. The van der Waals surface area contributed by atoms with Gasteiger partial charge in [0.05, 0.1) is 45.8 Å². The molecule has 3 aromatic rings. The van der Waals surface area contributed by atoms with Crippen molar-refractivity contribution in [3.05, 3.63) is 36.0 Å². The maximum absolute atomic E-state index is 5.52. The SMILES string of the molecule is COc1cc2c(cc1OC)N(c1cnnc3cc(OC)c(OC)cc13)CCC2. The Hall–Kier alpha value is -3.22. The first-order chi connectivity index (χ1) is 13.7. The fraction of sp³-hybridized carbons (Fsp3) is 0.333. The van der Waals surface area contributed by atoms with Crippen molar-refractivity contribution >= 4 is 22.3 Å². The summed E-state index contributed by atoms with van der Waals surface area (Å²) in [5.41, 5.74) is 4.03. The van der Waals surface area contributed by atoms with Crippen molar-refractivity contribution in [1.29, 1.82) is 0 Å². The second kappa shape index (κ2) is 7.42. The lowest BCUT2D eigenvalue weighted by Gasteiger charge is -2.32. The zero-order chi connectivity index (χ0) is 19.7. The van der Waals surface area contributed by atoms with Crippen LogP contribution in [0, 0.1) is 0 Å². The maximum atomic E-state index is 5.52. The number of ether oxygens (including phenoxy) is 4. The molecule has 0 atom stereocenters. The largest absolute Gasteiger partial charge is 0.493 e. The second-order valence-electron chi connectivity index (χ2n) is 6.55. The molecule has 2 aromatic carbocycles. The van der Waals surface area contributed by atoms with E-state index in [1.165, 1.54) is 5.56 Å². The summed E-state index contributed by atoms with van der Waals surface area (Å²) in [4.78, 5) is 2.25. The number of rotatable bonds is 5. The number of fused-ring (bicyclic) bond motifs is 2. The van der Waals surface area contributed by atoms with Crippen LogP contribution in [-0.4, -0.2) is 45.2 Å². The van der Waals surface area contributed by atoms with E-state index in [0.717, 1.165) is 47.4 Å². The van der Waals surface area contributed by atoms with E-state index in [1.807, 2.05) is 18.2 Å². The molecule has 7 heteroatoms. The predicted molar refractivity (Wildman–Crippen MR) is 108 cm³/mol. The van der Waals surface area contributed by atoms with Crippen LogP contribution in [0.25, 0.3) is 10.9 Å². The molecule has 7 nitrogen and oxygen atoms in total. The van der Waals surface area contributed by atoms with Crippen LogP contribution in [-0.2, 0) is 6.42 Å². The molecule has 4 rings (SSSR count). The standard InChI is InChI=1S/C21H23N3O4/c1-25-18-8-13-6-5-7-24(16(13)11-21(18)28-4)17-12-22-23-15-10-20(27-3)19(26-2)9-14(15)17/h8-12H,5-7H2,1-4H3. The summed E-state index contributed by atoms with van der Waals surface area (Å²) in [6.45, 7) is 0.873. The molecule has 0 amide bonds. The van der Waals surface area contributed by atoms with Crippen molar-refractivity contribution in [1.82, 2.24) is 10.2 Å². The highest BCUT2D eigenvalue weighted by Gasteiger charge is 2.24. The van der Waals surface area contributed by atoms with Gasteiger partial charge in [-0.3, -0.25) is 0 Å². The zero-order valence-corrected chi connectivity index (χ0v) is 16.5. The molecule has 1 aliphatic heterocycles. The van der Waals surface area contributed by atoms with Gasteiger partial charge in [-0.15, -0.1) is 0 Å². The van der Waals surface area contributed by atoms with Crippen molar-refractivity contribution in [3.8, 4) is 23.0 Å². The molecule has 0 N–H and O–H groups in total. The monoisotopic (exact) mass is 381 g/mol. The highest BCUT2D eigenvalue weighted by molar-refractivity contribution is 5.95. The average molecular weight is 381 g/mol. The Kier molecular flexibility index (Phi) is 4.81. The van der Waals surface area contributed by atoms with Gasteiger partial charge in [-0.25, -0.2) is 0 Å². The first-order valence-electron chi connectivity index (χ1n) is 9.10. The topological polar surface area (TPSA) is 65.9 Å². The molecular weight excluding hydrogens is 358 g/mol. The van der Waals surface area contributed by atoms with Gasteiger partial charge in [-0.05, 0) is 30.5 Å². The Bertz CT molecular complexity index is 1020. The van der Waals surface area contributed by atoms with Crippen LogP contribution in [0.5, 0.6) is 23.0 Å². The van der Waals surface area contributed by atoms with Gasteiger partial charge in [0, 0.05) is 29.8 Å². The Labute approximate surface area is 163 Å². The van der Waals surface area contributed by atoms with Crippen LogP contribution >= 0.6 is 0 Å². The minimum absolute atomic E-state index is 0.631. The molecule has 0 fully saturated rings. The summed E-state index contributed by atoms with van der Waals surface area (Å²) in [5, 5.41) is 9.46. The summed E-state index contributed by atoms with van der Waals surface area (Å²) in [6, 6.07) is 7.89. The summed E-state index contributed by atoms with van der Waals surface area (Å²) < 4.78 is 21.9. The van der Waals surface area contributed by atoms with E-state index in [4.69, 9.17) is 18.9 Å². The number of nitrogens with zero attached hydrogens (tertiary/aromatic N) is 3. The molecule has 146 valence electrons. The number of anilines is 2. The van der Waals surface area contributed by atoms with Gasteiger partial charge < -0.3 is 23.8 Å². The lowest BCUT2D eigenvalue weighted by Crippen LogP contribution is -2.25. The Morgan fingerprint density at radius 1 is 0.786 bits per heavy atom. The minimum atomic E-state index is 0.631. The molecule has 1 aliphatic rings. The van der Waals surface area contributed by atoms with Gasteiger partial charge in [-0.1, -0.05) is 0 Å². The number of hydrogen-bond acceptors (Lipinski definition) is 7. The Morgan fingerprint density at radius 2 is 1.43 bits per heavy atom. The number of methoxy groups -OCH3 is 4. The van der Waals surface area contributed by atoms with Gasteiger partial charge in [0.25, 0.3) is 0 Å². The van der Waals surface area contributed by atoms with E-state index in [1.54, 1.807) is 34.6 Å². The van der Waals surface area contributed by atoms with Crippen LogP contribution in [0.4, 0.5) is 11.4 Å². The van der Waals surface area contributed by atoms with Gasteiger partial charge >= 0.3 is 0 Å². The predicted octanol–water partition coefficient (Wildman–Crippen LogP) is 3.75. The van der Waals surface area contributed by atoms with Gasteiger partial charge in [0.15, 0.2) is 23.0 Å². The molecule has 0 bridgehead atoms. The van der Waals surface area contributed by atoms with Crippen LogP contribution in [0.2, 0.25) is 0 Å². The van der Waals surface area contributed by atoms with Crippen LogP contribution in [0.1, 0.15) is 12.0 Å². The number of aromatic nitrogens is 2. The summed E-state index contributed by atoms with van der Waals surface area (Å²) in [5.74, 6) is 2.74. The Balaban J connectivity index is 1.90. The van der Waals surface area contributed by atoms with E-state index in [-0.39, 0.29) is 0 Å². The van der Waals surface area contributed by atoms with Gasteiger partial charge in [0.2, 0.25) is 0 Å². The second-order valence-corrected chi connectivity index (χ2v) is 6.55. The van der Waals surface area contributed by atoms with Gasteiger partial charge in [-0.2, -0.15) is 10.2 Å². The smallest absolute Gasteiger partial charge is 0.162 e. The number of hydrogen-bond donors (Lipinski definition) is 0. The van der Waals surface area contributed by atoms with Crippen molar-refractivity contribution < 1.29 is 18.9 Å². The summed E-state index contributed by atoms with van der Waals surface area (Å²) in [6.07, 6.45) is 3.80. The van der Waals surface area contributed by atoms with E-state index >= 15 is 0 Å². The van der Waals surface area contributed by atoms with Crippen LogP contribution in [0.15, 0.2) is 30.5 Å². The first-order valence-corrected chi connectivity index (χ1v) is 9.10. The molecule has 0 saturated carbocycles. The average Bonchev–Trinajstić information content (AvgIpc) is 2.76. The fourth-order valence-corrected chi connectivity index (χ4v) is 3.75. The lowest BCUT2D eigenvalue weighted by atomic mass is 9.99. The highest BCUT2D eigenvalue weighted by atomic mass is 16.5. The third-order valence-electron chi connectivity index (χ3n) is 5.12. The molecule has 2 heterocycles. The molecule has 0 saturated heterocycles. The molecule has 0 aliphatic carbocycles. The highest BCUT2D eigenvalue weighted by Crippen LogP contribution is 2.43. The third kappa shape index (κ3) is 2.93. The number of benzene rings is 2. The number of aryl methyl sites for hydroxylation is 1. The molecule has 0 unspecified atom stereocenters. The summed E-state index contributed by atoms with van der Waals surface area (Å²) in [7, 11) is 6.55. The van der Waals surface area contributed by atoms with Crippen molar-refractivity contribution in [2.75, 3.05) is 39.9 Å². The van der Waals surface area contributed by atoms with Crippen LogP contribution in [0.3, 0.4) is 0 Å². The summed E-state index contributed by atoms with van der Waals surface area (Å²) >= 11 is 0. The van der Waals surface area contributed by atoms with Gasteiger partial charge in [0.1, 0.15) is 0 Å². The van der Waals surface area contributed by atoms with Crippen molar-refractivity contribution in [2.45, 2.75) is 12.8 Å².